The van der Waals surface area contributed by atoms with Crippen LogP contribution >= 0.6 is 11.3 Å². The van der Waals surface area contributed by atoms with Gasteiger partial charge >= 0.3 is 0 Å². The second kappa shape index (κ2) is 4.92. The van der Waals surface area contributed by atoms with Gasteiger partial charge in [0.1, 0.15) is 0 Å². The second-order valence-corrected chi connectivity index (χ2v) is 6.33. The van der Waals surface area contributed by atoms with Crippen LogP contribution in [0, 0.1) is 6.92 Å². The summed E-state index contributed by atoms with van der Waals surface area (Å²) in [6, 6.07) is 0. The van der Waals surface area contributed by atoms with Crippen LogP contribution in [0.15, 0.2) is 16.7 Å². The maximum absolute atomic E-state index is 11.8. The van der Waals surface area contributed by atoms with Crippen LogP contribution in [0.2, 0.25) is 0 Å². The molecule has 0 atom stereocenters. The molecule has 8 nitrogen and oxygen atoms in total. The van der Waals surface area contributed by atoms with Crippen LogP contribution in [0.25, 0.3) is 0 Å². The molecular weight excluding hydrogens is 276 g/mol. The van der Waals surface area contributed by atoms with E-state index in [-0.39, 0.29) is 16.0 Å². The van der Waals surface area contributed by atoms with E-state index in [4.69, 9.17) is 5.73 Å². The number of nitrogens with one attached hydrogen (secondary N) is 1. The van der Waals surface area contributed by atoms with Crippen molar-refractivity contribution in [3.63, 3.8) is 0 Å². The molecule has 96 valence electrons. The van der Waals surface area contributed by atoms with Crippen molar-refractivity contribution in [3.8, 4) is 0 Å². The summed E-state index contributed by atoms with van der Waals surface area (Å²) in [4.78, 5) is 8.05. The number of nitrogen functional groups attached to an aromatic ring is 1. The van der Waals surface area contributed by atoms with Crippen molar-refractivity contribution in [3.05, 3.63) is 23.8 Å². The van der Waals surface area contributed by atoms with Gasteiger partial charge in [-0.3, -0.25) is 9.97 Å². The predicted octanol–water partition coefficient (Wildman–Crippen LogP) is -0.303. The Morgan fingerprint density at radius 1 is 1.33 bits per heavy atom. The Balaban J connectivity index is 2.08. The van der Waals surface area contributed by atoms with Crippen molar-refractivity contribution in [2.45, 2.75) is 17.8 Å². The van der Waals surface area contributed by atoms with Crippen LogP contribution in [0.4, 0.5) is 5.13 Å². The van der Waals surface area contributed by atoms with Crippen molar-refractivity contribution in [1.29, 1.82) is 0 Å². The van der Waals surface area contributed by atoms with Gasteiger partial charge in [0.15, 0.2) is 0 Å². The van der Waals surface area contributed by atoms with Crippen molar-refractivity contribution in [2.75, 3.05) is 5.73 Å². The van der Waals surface area contributed by atoms with Crippen molar-refractivity contribution >= 4 is 26.5 Å². The van der Waals surface area contributed by atoms with Crippen molar-refractivity contribution in [1.82, 2.24) is 24.9 Å². The third-order valence-corrected chi connectivity index (χ3v) is 4.45. The molecule has 0 aliphatic carbocycles. The zero-order chi connectivity index (χ0) is 13.2. The third-order valence-electron chi connectivity index (χ3n) is 1.93. The molecule has 0 spiro atoms. The standard InChI is InChI=1S/C8H10N6O2S2/c1-5-2-11-6(3-10-5)4-12-18(15,16)8-14-13-7(9)17-8/h2-3,12H,4H2,1H3,(H2,9,13). The van der Waals surface area contributed by atoms with E-state index < -0.39 is 10.0 Å². The number of anilines is 1. The first-order valence-corrected chi connectivity index (χ1v) is 7.13. The lowest BCUT2D eigenvalue weighted by molar-refractivity contribution is 0.578. The van der Waals surface area contributed by atoms with Crippen LogP contribution < -0.4 is 10.5 Å². The van der Waals surface area contributed by atoms with Gasteiger partial charge in [-0.1, -0.05) is 11.3 Å². The Morgan fingerprint density at radius 3 is 2.67 bits per heavy atom. The Bertz CT molecular complexity index is 636. The Kier molecular flexibility index (Phi) is 3.50. The maximum atomic E-state index is 11.8. The molecule has 2 aromatic rings. The summed E-state index contributed by atoms with van der Waals surface area (Å²) in [5, 5.41) is 7.02. The fraction of sp³-hybridized carbons (Fsp3) is 0.250. The summed E-state index contributed by atoms with van der Waals surface area (Å²) in [6.07, 6.45) is 3.07. The molecule has 0 aromatic carbocycles. The van der Waals surface area contributed by atoms with Gasteiger partial charge in [0, 0.05) is 6.20 Å². The summed E-state index contributed by atoms with van der Waals surface area (Å²) in [5.74, 6) is 0. The first-order valence-electron chi connectivity index (χ1n) is 4.83. The van der Waals surface area contributed by atoms with Crippen LogP contribution in [-0.2, 0) is 16.6 Å². The van der Waals surface area contributed by atoms with E-state index in [0.717, 1.165) is 17.0 Å². The fourth-order valence-corrected chi connectivity index (χ4v) is 2.89. The van der Waals surface area contributed by atoms with Gasteiger partial charge in [-0.2, -0.15) is 0 Å². The highest BCUT2D eigenvalue weighted by Crippen LogP contribution is 2.16. The van der Waals surface area contributed by atoms with Crippen molar-refractivity contribution < 1.29 is 8.42 Å². The zero-order valence-electron chi connectivity index (χ0n) is 9.36. The van der Waals surface area contributed by atoms with E-state index in [2.05, 4.69) is 24.9 Å². The fourth-order valence-electron chi connectivity index (χ4n) is 1.07. The quantitative estimate of drug-likeness (QED) is 0.790. The highest BCUT2D eigenvalue weighted by atomic mass is 32.2. The molecule has 0 amide bonds. The van der Waals surface area contributed by atoms with Crippen LogP contribution in [0.3, 0.4) is 0 Å². The van der Waals surface area contributed by atoms with Crippen molar-refractivity contribution in [2.24, 2.45) is 0 Å². The predicted molar refractivity (Wildman–Crippen MR) is 65.1 cm³/mol. The summed E-state index contributed by atoms with van der Waals surface area (Å²) in [7, 11) is -3.70. The molecule has 0 aliphatic heterocycles. The van der Waals surface area contributed by atoms with Gasteiger partial charge in [0.25, 0.3) is 10.0 Å². The average Bonchev–Trinajstić information content (AvgIpc) is 2.76. The minimum absolute atomic E-state index is 0.0368. The van der Waals surface area contributed by atoms with Gasteiger partial charge in [0.2, 0.25) is 9.47 Å². The highest BCUT2D eigenvalue weighted by Gasteiger charge is 2.19. The number of sulfonamides is 1. The van der Waals surface area contributed by atoms with Gasteiger partial charge in [0.05, 0.1) is 24.1 Å². The molecule has 2 heterocycles. The molecule has 0 radical (unpaired) electrons. The van der Waals surface area contributed by atoms with Gasteiger partial charge < -0.3 is 5.73 Å². The van der Waals surface area contributed by atoms with E-state index in [1.54, 1.807) is 13.1 Å². The smallest absolute Gasteiger partial charge is 0.270 e. The number of aryl methyl sites for hydroxylation is 1. The zero-order valence-corrected chi connectivity index (χ0v) is 11.0. The van der Waals surface area contributed by atoms with Gasteiger partial charge in [-0.15, -0.1) is 10.2 Å². The number of rotatable bonds is 4. The topological polar surface area (TPSA) is 124 Å². The van der Waals surface area contributed by atoms with E-state index in [0.29, 0.717) is 5.69 Å². The monoisotopic (exact) mass is 286 g/mol. The Hall–Kier alpha value is -1.65. The first kappa shape index (κ1) is 12.8. The SMILES string of the molecule is Cc1cnc(CNS(=O)(=O)c2nnc(N)s2)cn1. The van der Waals surface area contributed by atoms with Gasteiger partial charge in [-0.05, 0) is 6.92 Å². The summed E-state index contributed by atoms with van der Waals surface area (Å²) >= 11 is 0.801. The average molecular weight is 286 g/mol. The van der Waals surface area contributed by atoms with Gasteiger partial charge in [-0.25, -0.2) is 13.1 Å². The molecular formula is C8H10N6O2S2. The molecule has 0 fully saturated rings. The highest BCUT2D eigenvalue weighted by molar-refractivity contribution is 7.91. The minimum atomic E-state index is -3.70. The normalized spacial score (nSPS) is 11.6. The summed E-state index contributed by atoms with van der Waals surface area (Å²) in [5.41, 5.74) is 6.61. The number of aromatic nitrogens is 4. The Labute approximate surface area is 107 Å². The molecule has 0 saturated carbocycles. The molecule has 2 aromatic heterocycles. The first-order chi connectivity index (χ1) is 8.47. The molecule has 10 heteroatoms. The van der Waals surface area contributed by atoms with E-state index >= 15 is 0 Å². The number of hydrogen-bond acceptors (Lipinski definition) is 8. The minimum Gasteiger partial charge on any atom is -0.374 e. The van der Waals surface area contributed by atoms with Crippen LogP contribution in [0.5, 0.6) is 0 Å². The number of nitrogens with two attached hydrogens (primary N) is 1. The molecule has 18 heavy (non-hydrogen) atoms. The third kappa shape index (κ3) is 2.97. The van der Waals surface area contributed by atoms with Crippen LogP contribution in [-0.4, -0.2) is 28.6 Å². The molecule has 0 saturated heterocycles. The second-order valence-electron chi connectivity index (χ2n) is 3.38. The number of nitrogens with zero attached hydrogens (tertiary/aromatic N) is 4. The summed E-state index contributed by atoms with van der Waals surface area (Å²) in [6.45, 7) is 1.83. The Morgan fingerprint density at radius 2 is 2.11 bits per heavy atom. The van der Waals surface area contributed by atoms with E-state index in [9.17, 15) is 8.42 Å². The molecule has 0 aliphatic rings. The largest absolute Gasteiger partial charge is 0.374 e. The van der Waals surface area contributed by atoms with Crippen LogP contribution in [0.1, 0.15) is 11.4 Å². The molecule has 2 rings (SSSR count). The molecule has 3 N–H and O–H groups in total. The lowest BCUT2D eigenvalue weighted by Gasteiger charge is -2.02. The molecule has 0 unspecified atom stereocenters. The maximum Gasteiger partial charge on any atom is 0.270 e. The lowest BCUT2D eigenvalue weighted by atomic mass is 10.4. The molecule has 0 bridgehead atoms. The number of hydrogen-bond donors (Lipinski definition) is 2. The summed E-state index contributed by atoms with van der Waals surface area (Å²) < 4.78 is 25.7. The lowest BCUT2D eigenvalue weighted by Crippen LogP contribution is -2.23. The van der Waals surface area contributed by atoms with E-state index in [1.807, 2.05) is 0 Å². The van der Waals surface area contributed by atoms with E-state index in [1.165, 1.54) is 6.20 Å².